The van der Waals surface area contributed by atoms with Crippen LogP contribution in [0.25, 0.3) is 0 Å². The smallest absolute Gasteiger partial charge is 0.190 e. The second-order valence-electron chi connectivity index (χ2n) is 3.05. The fraction of sp³-hybridized carbons (Fsp3) is 0.857. The van der Waals surface area contributed by atoms with Crippen molar-refractivity contribution in [3.63, 3.8) is 0 Å². The molecule has 2 unspecified atom stereocenters. The number of alkyl halides is 1. The number of halogens is 1. The first kappa shape index (κ1) is 9.46. The minimum absolute atomic E-state index is 0.141. The molecule has 0 saturated carbocycles. The van der Waals surface area contributed by atoms with Crippen molar-refractivity contribution in [3.8, 4) is 6.07 Å². The molecule has 0 aromatic rings. The molecule has 0 radical (unpaired) electrons. The van der Waals surface area contributed by atoms with E-state index in [0.717, 1.165) is 0 Å². The van der Waals surface area contributed by atoms with E-state index in [1.54, 1.807) is 0 Å². The molecular formula is C7H10FNO2S. The highest BCUT2D eigenvalue weighted by Gasteiger charge is 2.30. The van der Waals surface area contributed by atoms with Crippen LogP contribution in [-0.2, 0) is 9.84 Å². The predicted octanol–water partition coefficient (Wildman–Crippen LogP) is 0.673. The molecular weight excluding hydrogens is 181 g/mol. The number of hydrogen-bond donors (Lipinski definition) is 0. The Bertz CT molecular complexity index is 293. The Morgan fingerprint density at radius 2 is 2.25 bits per heavy atom. The van der Waals surface area contributed by atoms with Crippen molar-refractivity contribution in [3.05, 3.63) is 0 Å². The Balaban J connectivity index is 2.66. The highest BCUT2D eigenvalue weighted by Crippen LogP contribution is 2.22. The Morgan fingerprint density at radius 3 is 2.75 bits per heavy atom. The first-order chi connectivity index (χ1) is 5.55. The highest BCUT2D eigenvalue weighted by molar-refractivity contribution is 7.91. The molecule has 0 spiro atoms. The van der Waals surface area contributed by atoms with Crippen LogP contribution in [-0.4, -0.2) is 26.1 Å². The van der Waals surface area contributed by atoms with E-state index in [1.165, 1.54) is 6.07 Å². The SMILES string of the molecule is N#CC(F)C1CCCS(=O)(=O)C1. The highest BCUT2D eigenvalue weighted by atomic mass is 32.2. The van der Waals surface area contributed by atoms with Crippen LogP contribution in [0.1, 0.15) is 12.8 Å². The quantitative estimate of drug-likeness (QED) is 0.612. The van der Waals surface area contributed by atoms with Crippen molar-refractivity contribution in [2.45, 2.75) is 19.0 Å². The maximum atomic E-state index is 12.7. The van der Waals surface area contributed by atoms with Crippen LogP contribution in [0.3, 0.4) is 0 Å². The van der Waals surface area contributed by atoms with Crippen LogP contribution in [0.15, 0.2) is 0 Å². The van der Waals surface area contributed by atoms with E-state index >= 15 is 0 Å². The molecule has 2 atom stereocenters. The third kappa shape index (κ3) is 2.18. The summed E-state index contributed by atoms with van der Waals surface area (Å²) in [5.74, 6) is -0.627. The summed E-state index contributed by atoms with van der Waals surface area (Å²) in [6.07, 6.45) is -0.636. The molecule has 3 nitrogen and oxygen atoms in total. The minimum atomic E-state index is -3.08. The Morgan fingerprint density at radius 1 is 1.58 bits per heavy atom. The number of nitrogens with zero attached hydrogens (tertiary/aromatic N) is 1. The van der Waals surface area contributed by atoms with Gasteiger partial charge in [-0.2, -0.15) is 5.26 Å². The molecule has 5 heteroatoms. The van der Waals surface area contributed by atoms with Gasteiger partial charge in [0.1, 0.15) is 6.07 Å². The molecule has 68 valence electrons. The van der Waals surface area contributed by atoms with Crippen molar-refractivity contribution >= 4 is 9.84 Å². The Kier molecular flexibility index (Phi) is 2.68. The molecule has 1 saturated heterocycles. The number of nitriles is 1. The molecule has 1 heterocycles. The van der Waals surface area contributed by atoms with E-state index in [9.17, 15) is 12.8 Å². The molecule has 0 aliphatic carbocycles. The van der Waals surface area contributed by atoms with E-state index in [-0.39, 0.29) is 11.5 Å². The van der Waals surface area contributed by atoms with Crippen molar-refractivity contribution in [2.75, 3.05) is 11.5 Å². The second-order valence-corrected chi connectivity index (χ2v) is 5.28. The van der Waals surface area contributed by atoms with Crippen molar-refractivity contribution in [2.24, 2.45) is 5.92 Å². The Labute approximate surface area is 71.1 Å². The first-order valence-corrected chi connectivity index (χ1v) is 5.61. The molecule has 0 amide bonds. The first-order valence-electron chi connectivity index (χ1n) is 3.79. The van der Waals surface area contributed by atoms with E-state index in [1.807, 2.05) is 0 Å². The topological polar surface area (TPSA) is 57.9 Å². The van der Waals surface area contributed by atoms with Gasteiger partial charge >= 0.3 is 0 Å². The predicted molar refractivity (Wildman–Crippen MR) is 41.9 cm³/mol. The average Bonchev–Trinajstić information content (AvgIpc) is 2.01. The summed E-state index contributed by atoms with van der Waals surface area (Å²) >= 11 is 0. The van der Waals surface area contributed by atoms with Gasteiger partial charge in [0.15, 0.2) is 16.0 Å². The number of sulfone groups is 1. The van der Waals surface area contributed by atoms with Crippen LogP contribution in [0.5, 0.6) is 0 Å². The van der Waals surface area contributed by atoms with Crippen molar-refractivity contribution in [1.29, 1.82) is 5.26 Å². The molecule has 1 aliphatic heterocycles. The zero-order valence-corrected chi connectivity index (χ0v) is 7.35. The molecule has 12 heavy (non-hydrogen) atoms. The maximum absolute atomic E-state index is 12.7. The fourth-order valence-electron chi connectivity index (χ4n) is 1.39. The number of hydrogen-bond acceptors (Lipinski definition) is 3. The Hall–Kier alpha value is -0.630. The van der Waals surface area contributed by atoms with Crippen molar-refractivity contribution < 1.29 is 12.8 Å². The lowest BCUT2D eigenvalue weighted by molar-refractivity contribution is 0.286. The third-order valence-corrected chi connectivity index (χ3v) is 3.88. The summed E-state index contributed by atoms with van der Waals surface area (Å²) in [6, 6.07) is 1.44. The molecule has 1 rings (SSSR count). The zero-order valence-electron chi connectivity index (χ0n) is 6.53. The van der Waals surface area contributed by atoms with E-state index in [2.05, 4.69) is 0 Å². The third-order valence-electron chi connectivity index (χ3n) is 2.04. The van der Waals surface area contributed by atoms with Gasteiger partial charge in [-0.15, -0.1) is 0 Å². The maximum Gasteiger partial charge on any atom is 0.190 e. The van der Waals surface area contributed by atoms with Gasteiger partial charge in [-0.3, -0.25) is 0 Å². The summed E-state index contributed by atoms with van der Waals surface area (Å²) in [5, 5.41) is 8.24. The molecule has 1 aliphatic rings. The van der Waals surface area contributed by atoms with Crippen LogP contribution in [0, 0.1) is 17.2 Å². The van der Waals surface area contributed by atoms with Crippen LogP contribution in [0.4, 0.5) is 4.39 Å². The van der Waals surface area contributed by atoms with Gasteiger partial charge in [0, 0.05) is 5.92 Å². The van der Waals surface area contributed by atoms with Gasteiger partial charge in [-0.05, 0) is 12.8 Å². The van der Waals surface area contributed by atoms with Crippen molar-refractivity contribution in [1.82, 2.24) is 0 Å². The molecule has 0 aromatic carbocycles. The van der Waals surface area contributed by atoms with Gasteiger partial charge in [0.25, 0.3) is 0 Å². The zero-order chi connectivity index (χ0) is 9.19. The fourth-order valence-corrected chi connectivity index (χ4v) is 3.16. The van der Waals surface area contributed by atoms with Crippen LogP contribution >= 0.6 is 0 Å². The standard InChI is InChI=1S/C7H10FNO2S/c8-7(4-9)6-2-1-3-12(10,11)5-6/h6-7H,1-3,5H2. The number of rotatable bonds is 1. The second kappa shape index (κ2) is 3.40. The van der Waals surface area contributed by atoms with Gasteiger partial charge in [0.05, 0.1) is 11.5 Å². The normalized spacial score (nSPS) is 30.5. The molecule has 0 bridgehead atoms. The molecule has 0 N–H and O–H groups in total. The summed E-state index contributed by atoms with van der Waals surface area (Å²) in [7, 11) is -3.08. The van der Waals surface area contributed by atoms with E-state index in [4.69, 9.17) is 5.26 Å². The van der Waals surface area contributed by atoms with Crippen LogP contribution < -0.4 is 0 Å². The molecule has 1 fully saturated rings. The minimum Gasteiger partial charge on any atom is -0.231 e. The summed E-state index contributed by atoms with van der Waals surface area (Å²) in [4.78, 5) is 0. The van der Waals surface area contributed by atoms with E-state index in [0.29, 0.717) is 12.8 Å². The lowest BCUT2D eigenvalue weighted by atomic mass is 10.0. The monoisotopic (exact) mass is 191 g/mol. The van der Waals surface area contributed by atoms with Gasteiger partial charge < -0.3 is 0 Å². The van der Waals surface area contributed by atoms with Crippen LogP contribution in [0.2, 0.25) is 0 Å². The average molecular weight is 191 g/mol. The molecule has 0 aromatic heterocycles. The van der Waals surface area contributed by atoms with Gasteiger partial charge in [-0.1, -0.05) is 0 Å². The summed E-state index contributed by atoms with van der Waals surface area (Å²) < 4.78 is 34.7. The van der Waals surface area contributed by atoms with E-state index < -0.39 is 21.9 Å². The summed E-state index contributed by atoms with van der Waals surface area (Å²) in [6.45, 7) is 0. The lowest BCUT2D eigenvalue weighted by Gasteiger charge is -2.21. The van der Waals surface area contributed by atoms with Gasteiger partial charge in [-0.25, -0.2) is 12.8 Å². The largest absolute Gasteiger partial charge is 0.231 e. The summed E-state index contributed by atoms with van der Waals surface area (Å²) in [5.41, 5.74) is 0. The lowest BCUT2D eigenvalue weighted by Crippen LogP contribution is -2.30. The van der Waals surface area contributed by atoms with Gasteiger partial charge in [0.2, 0.25) is 0 Å².